The minimum absolute atomic E-state index is 0.0211. The minimum Gasteiger partial charge on any atom is -0.329 e. The van der Waals surface area contributed by atoms with Gasteiger partial charge < -0.3 is 4.98 Å². The third-order valence-electron chi connectivity index (χ3n) is 5.31. The fourth-order valence-electron chi connectivity index (χ4n) is 4.16. The Balaban J connectivity index is 1.68. The SMILES string of the molecule is Cc1ccc(S(=O)(=O)N2[C@H]3CC[C@@H]2[C@H](c2ccc(=O)[nH]c2)C3)cc1. The Bertz CT molecular complexity index is 898. The van der Waals surface area contributed by atoms with Crippen molar-refractivity contribution in [3.63, 3.8) is 0 Å². The zero-order chi connectivity index (χ0) is 16.9. The number of aromatic nitrogens is 1. The Labute approximate surface area is 141 Å². The van der Waals surface area contributed by atoms with Crippen molar-refractivity contribution in [2.75, 3.05) is 0 Å². The van der Waals surface area contributed by atoms with E-state index in [2.05, 4.69) is 4.98 Å². The van der Waals surface area contributed by atoms with Crippen LogP contribution >= 0.6 is 0 Å². The van der Waals surface area contributed by atoms with E-state index in [0.717, 1.165) is 30.4 Å². The van der Waals surface area contributed by atoms with Crippen LogP contribution in [0.2, 0.25) is 0 Å². The summed E-state index contributed by atoms with van der Waals surface area (Å²) in [6, 6.07) is 10.4. The highest BCUT2D eigenvalue weighted by Crippen LogP contribution is 2.49. The Kier molecular flexibility index (Phi) is 3.62. The lowest BCUT2D eigenvalue weighted by Gasteiger charge is -2.24. The number of nitrogens with one attached hydrogen (secondary N) is 1. The third-order valence-corrected chi connectivity index (χ3v) is 7.30. The molecule has 2 aromatic rings. The average Bonchev–Trinajstić information content (AvgIpc) is 3.15. The van der Waals surface area contributed by atoms with Gasteiger partial charge in [-0.1, -0.05) is 23.8 Å². The summed E-state index contributed by atoms with van der Waals surface area (Å²) in [5, 5.41) is 0. The number of sulfonamides is 1. The predicted octanol–water partition coefficient (Wildman–Crippen LogP) is 2.39. The minimum atomic E-state index is -3.48. The molecular formula is C18H20N2O3S. The molecular weight excluding hydrogens is 324 g/mol. The van der Waals surface area contributed by atoms with Crippen molar-refractivity contribution in [1.82, 2.24) is 9.29 Å². The molecule has 3 heterocycles. The number of fused-ring (bicyclic) bond motifs is 2. The largest absolute Gasteiger partial charge is 0.329 e. The number of nitrogens with zero attached hydrogens (tertiary/aromatic N) is 1. The predicted molar refractivity (Wildman–Crippen MR) is 91.4 cm³/mol. The van der Waals surface area contributed by atoms with Gasteiger partial charge in [0.25, 0.3) is 0 Å². The molecule has 0 spiro atoms. The zero-order valence-corrected chi connectivity index (χ0v) is 14.3. The van der Waals surface area contributed by atoms with Gasteiger partial charge in [-0.2, -0.15) is 4.31 Å². The third kappa shape index (κ3) is 2.41. The van der Waals surface area contributed by atoms with Crippen molar-refractivity contribution in [1.29, 1.82) is 0 Å². The maximum Gasteiger partial charge on any atom is 0.247 e. The summed E-state index contributed by atoms with van der Waals surface area (Å²) in [6.45, 7) is 1.95. The van der Waals surface area contributed by atoms with Crippen LogP contribution in [-0.4, -0.2) is 29.8 Å². The topological polar surface area (TPSA) is 70.2 Å². The average molecular weight is 344 g/mol. The van der Waals surface area contributed by atoms with Crippen LogP contribution < -0.4 is 5.56 Å². The molecule has 2 bridgehead atoms. The Morgan fingerprint density at radius 2 is 1.83 bits per heavy atom. The van der Waals surface area contributed by atoms with E-state index in [0.29, 0.717) is 4.90 Å². The Morgan fingerprint density at radius 1 is 1.08 bits per heavy atom. The van der Waals surface area contributed by atoms with Crippen LogP contribution in [0.1, 0.15) is 36.3 Å². The van der Waals surface area contributed by atoms with Gasteiger partial charge in [-0.3, -0.25) is 4.79 Å². The molecule has 0 unspecified atom stereocenters. The standard InChI is InChI=1S/C18H20N2O3S/c1-12-2-6-15(7-3-12)24(22,23)20-14-5-8-17(20)16(10-14)13-4-9-18(21)19-11-13/h2-4,6-7,9,11,14,16-17H,5,8,10H2,1H3,(H,19,21)/t14-,16-,17+/m0/s1. The van der Waals surface area contributed by atoms with E-state index in [1.807, 2.05) is 25.1 Å². The van der Waals surface area contributed by atoms with Crippen LogP contribution in [0.5, 0.6) is 0 Å². The number of benzene rings is 1. The maximum atomic E-state index is 13.1. The first-order valence-corrected chi connectivity index (χ1v) is 9.70. The van der Waals surface area contributed by atoms with Crippen molar-refractivity contribution in [2.24, 2.45) is 0 Å². The van der Waals surface area contributed by atoms with E-state index in [4.69, 9.17) is 0 Å². The molecule has 1 N–H and O–H groups in total. The van der Waals surface area contributed by atoms with Crippen LogP contribution in [0.3, 0.4) is 0 Å². The van der Waals surface area contributed by atoms with Crippen LogP contribution in [0.15, 0.2) is 52.3 Å². The van der Waals surface area contributed by atoms with Crippen LogP contribution in [-0.2, 0) is 10.0 Å². The van der Waals surface area contributed by atoms with Crippen molar-refractivity contribution in [2.45, 2.75) is 49.1 Å². The van der Waals surface area contributed by atoms with Gasteiger partial charge >= 0.3 is 0 Å². The lowest BCUT2D eigenvalue weighted by atomic mass is 9.85. The Morgan fingerprint density at radius 3 is 2.50 bits per heavy atom. The van der Waals surface area contributed by atoms with Crippen molar-refractivity contribution in [3.05, 3.63) is 64.1 Å². The molecule has 2 aliphatic rings. The first-order chi connectivity index (χ1) is 11.5. The van der Waals surface area contributed by atoms with Crippen molar-refractivity contribution >= 4 is 10.0 Å². The molecule has 3 atom stereocenters. The van der Waals surface area contributed by atoms with E-state index >= 15 is 0 Å². The maximum absolute atomic E-state index is 13.1. The van der Waals surface area contributed by atoms with E-state index in [-0.39, 0.29) is 23.6 Å². The van der Waals surface area contributed by atoms with Crippen LogP contribution in [0, 0.1) is 6.92 Å². The van der Waals surface area contributed by atoms with Gasteiger partial charge in [0, 0.05) is 30.3 Å². The van der Waals surface area contributed by atoms with E-state index in [9.17, 15) is 13.2 Å². The summed E-state index contributed by atoms with van der Waals surface area (Å²) in [5.41, 5.74) is 1.93. The zero-order valence-electron chi connectivity index (χ0n) is 13.5. The molecule has 2 aliphatic heterocycles. The van der Waals surface area contributed by atoms with Gasteiger partial charge in [-0.05, 0) is 43.9 Å². The summed E-state index contributed by atoms with van der Waals surface area (Å²) in [7, 11) is -3.48. The number of pyridine rings is 1. The quantitative estimate of drug-likeness (QED) is 0.929. The molecule has 0 aliphatic carbocycles. The number of aromatic amines is 1. The second-order valence-corrected chi connectivity index (χ2v) is 8.62. The summed E-state index contributed by atoms with van der Waals surface area (Å²) < 4.78 is 27.9. The second-order valence-electron chi connectivity index (χ2n) is 6.77. The molecule has 24 heavy (non-hydrogen) atoms. The van der Waals surface area contributed by atoms with E-state index in [1.165, 1.54) is 6.07 Å². The monoisotopic (exact) mass is 344 g/mol. The van der Waals surface area contributed by atoms with Gasteiger partial charge in [-0.25, -0.2) is 8.42 Å². The summed E-state index contributed by atoms with van der Waals surface area (Å²) in [6.07, 6.45) is 4.33. The molecule has 126 valence electrons. The highest BCUT2D eigenvalue weighted by atomic mass is 32.2. The van der Waals surface area contributed by atoms with Gasteiger partial charge in [0.05, 0.1) is 4.90 Å². The van der Waals surface area contributed by atoms with Crippen LogP contribution in [0.25, 0.3) is 0 Å². The number of H-pyrrole nitrogens is 1. The number of rotatable bonds is 3. The molecule has 0 saturated carbocycles. The second kappa shape index (κ2) is 5.57. The number of hydrogen-bond acceptors (Lipinski definition) is 3. The van der Waals surface area contributed by atoms with Gasteiger partial charge in [0.2, 0.25) is 15.6 Å². The van der Waals surface area contributed by atoms with E-state index in [1.54, 1.807) is 22.6 Å². The summed E-state index contributed by atoms with van der Waals surface area (Å²) >= 11 is 0. The Hall–Kier alpha value is -1.92. The normalized spacial score (nSPS) is 26.8. The summed E-state index contributed by atoms with van der Waals surface area (Å²) in [4.78, 5) is 14.3. The molecule has 0 amide bonds. The molecule has 2 fully saturated rings. The smallest absolute Gasteiger partial charge is 0.247 e. The van der Waals surface area contributed by atoms with Gasteiger partial charge in [-0.15, -0.1) is 0 Å². The molecule has 6 heteroatoms. The molecule has 4 rings (SSSR count). The first-order valence-electron chi connectivity index (χ1n) is 8.25. The van der Waals surface area contributed by atoms with Crippen molar-refractivity contribution in [3.8, 4) is 0 Å². The molecule has 0 radical (unpaired) electrons. The summed E-state index contributed by atoms with van der Waals surface area (Å²) in [5.74, 6) is 0.154. The van der Waals surface area contributed by atoms with Gasteiger partial charge in [0.1, 0.15) is 0 Å². The van der Waals surface area contributed by atoms with Crippen LogP contribution in [0.4, 0.5) is 0 Å². The lowest BCUT2D eigenvalue weighted by Crippen LogP contribution is -2.36. The fraction of sp³-hybridized carbons (Fsp3) is 0.389. The highest BCUT2D eigenvalue weighted by Gasteiger charge is 2.52. The lowest BCUT2D eigenvalue weighted by molar-refractivity contribution is 0.388. The number of aryl methyl sites for hydroxylation is 1. The molecule has 2 saturated heterocycles. The van der Waals surface area contributed by atoms with Crippen molar-refractivity contribution < 1.29 is 8.42 Å². The molecule has 1 aromatic carbocycles. The highest BCUT2D eigenvalue weighted by molar-refractivity contribution is 7.89. The fourth-order valence-corrected chi connectivity index (χ4v) is 6.07. The number of hydrogen-bond donors (Lipinski definition) is 1. The first kappa shape index (κ1) is 15.6. The molecule has 1 aromatic heterocycles. The van der Waals surface area contributed by atoms with Gasteiger partial charge in [0.15, 0.2) is 0 Å². The van der Waals surface area contributed by atoms with E-state index < -0.39 is 10.0 Å². The molecule has 5 nitrogen and oxygen atoms in total.